The monoisotopic (exact) mass is 311 g/mol. The molecule has 1 heterocycles. The number of amides is 1. The van der Waals surface area contributed by atoms with Gasteiger partial charge in [0.25, 0.3) is 5.91 Å². The molecule has 0 radical (unpaired) electrons. The van der Waals surface area contributed by atoms with Crippen LogP contribution < -0.4 is 4.74 Å². The Bertz CT molecular complexity index is 489. The molecule has 1 unspecified atom stereocenters. The standard InChI is InChI=1S/C16H22ClNO3/c1-4-14(16(19)18-5-7-20-8-6-18)21-13-9-11(2)15(17)12(3)10-13/h9-10,14H,4-8H2,1-3H3. The third kappa shape index (κ3) is 3.89. The molecule has 21 heavy (non-hydrogen) atoms. The molecule has 0 aliphatic carbocycles. The molecule has 1 saturated heterocycles. The van der Waals surface area contributed by atoms with E-state index in [0.29, 0.717) is 38.5 Å². The number of benzene rings is 1. The van der Waals surface area contributed by atoms with E-state index in [-0.39, 0.29) is 5.91 Å². The minimum atomic E-state index is -0.455. The normalized spacial score (nSPS) is 16.7. The van der Waals surface area contributed by atoms with E-state index in [4.69, 9.17) is 21.1 Å². The van der Waals surface area contributed by atoms with Gasteiger partial charge in [-0.25, -0.2) is 0 Å². The predicted molar refractivity (Wildman–Crippen MR) is 83.0 cm³/mol. The van der Waals surface area contributed by atoms with Crippen LogP contribution in [0.15, 0.2) is 12.1 Å². The number of carbonyl (C=O) groups is 1. The number of hydrogen-bond acceptors (Lipinski definition) is 3. The van der Waals surface area contributed by atoms with Crippen LogP contribution in [0.4, 0.5) is 0 Å². The fourth-order valence-corrected chi connectivity index (χ4v) is 2.54. The summed E-state index contributed by atoms with van der Waals surface area (Å²) in [5.74, 6) is 0.730. The van der Waals surface area contributed by atoms with Gasteiger partial charge in [0.1, 0.15) is 5.75 Å². The minimum Gasteiger partial charge on any atom is -0.481 e. The SMILES string of the molecule is CCC(Oc1cc(C)c(Cl)c(C)c1)C(=O)N1CCOCC1. The zero-order chi connectivity index (χ0) is 15.4. The predicted octanol–water partition coefficient (Wildman–Crippen LogP) is 2.97. The highest BCUT2D eigenvalue weighted by atomic mass is 35.5. The maximum Gasteiger partial charge on any atom is 0.263 e. The minimum absolute atomic E-state index is 0.0334. The van der Waals surface area contributed by atoms with Crippen molar-refractivity contribution in [3.63, 3.8) is 0 Å². The van der Waals surface area contributed by atoms with Crippen molar-refractivity contribution in [2.45, 2.75) is 33.3 Å². The van der Waals surface area contributed by atoms with Crippen molar-refractivity contribution in [1.29, 1.82) is 0 Å². The number of carbonyl (C=O) groups excluding carboxylic acids is 1. The third-order valence-corrected chi connectivity index (χ3v) is 4.25. The highest BCUT2D eigenvalue weighted by Gasteiger charge is 2.26. The van der Waals surface area contributed by atoms with Crippen LogP contribution in [-0.2, 0) is 9.53 Å². The second-order valence-corrected chi connectivity index (χ2v) is 5.70. The Hall–Kier alpha value is -1.26. The molecule has 1 aromatic rings. The summed E-state index contributed by atoms with van der Waals surface area (Å²) in [6.45, 7) is 8.30. The van der Waals surface area contributed by atoms with Gasteiger partial charge in [-0.15, -0.1) is 0 Å². The Kier molecular flexibility index (Phi) is 5.48. The van der Waals surface area contributed by atoms with E-state index in [1.165, 1.54) is 0 Å². The molecule has 0 saturated carbocycles. The zero-order valence-electron chi connectivity index (χ0n) is 12.8. The Morgan fingerprint density at radius 3 is 2.43 bits per heavy atom. The number of ether oxygens (including phenoxy) is 2. The molecular weight excluding hydrogens is 290 g/mol. The molecule has 4 nitrogen and oxygen atoms in total. The van der Waals surface area contributed by atoms with Crippen molar-refractivity contribution in [2.75, 3.05) is 26.3 Å². The summed E-state index contributed by atoms with van der Waals surface area (Å²) in [6, 6.07) is 3.76. The number of morpholine rings is 1. The average molecular weight is 312 g/mol. The van der Waals surface area contributed by atoms with Gasteiger partial charge in [-0.2, -0.15) is 0 Å². The summed E-state index contributed by atoms with van der Waals surface area (Å²) in [6.07, 6.45) is 0.180. The Labute approximate surface area is 131 Å². The molecule has 0 N–H and O–H groups in total. The van der Waals surface area contributed by atoms with Crippen LogP contribution in [0.1, 0.15) is 24.5 Å². The van der Waals surface area contributed by atoms with Gasteiger partial charge in [-0.1, -0.05) is 18.5 Å². The van der Waals surface area contributed by atoms with Crippen molar-refractivity contribution in [3.05, 3.63) is 28.3 Å². The Morgan fingerprint density at radius 1 is 1.33 bits per heavy atom. The van der Waals surface area contributed by atoms with Gasteiger partial charge in [0.15, 0.2) is 6.10 Å². The van der Waals surface area contributed by atoms with E-state index >= 15 is 0 Å². The largest absolute Gasteiger partial charge is 0.481 e. The number of aryl methyl sites for hydroxylation is 2. The van der Waals surface area contributed by atoms with Crippen molar-refractivity contribution in [3.8, 4) is 5.75 Å². The van der Waals surface area contributed by atoms with Gasteiger partial charge in [-0.3, -0.25) is 4.79 Å². The molecule has 5 heteroatoms. The second-order valence-electron chi connectivity index (χ2n) is 5.32. The summed E-state index contributed by atoms with van der Waals surface area (Å²) in [5.41, 5.74) is 1.92. The molecular formula is C16H22ClNO3. The maximum atomic E-state index is 12.5. The lowest BCUT2D eigenvalue weighted by molar-refractivity contribution is -0.142. The highest BCUT2D eigenvalue weighted by Crippen LogP contribution is 2.27. The topological polar surface area (TPSA) is 38.8 Å². The number of rotatable bonds is 4. The summed E-state index contributed by atoms with van der Waals surface area (Å²) >= 11 is 6.16. The lowest BCUT2D eigenvalue weighted by Crippen LogP contribution is -2.47. The Balaban J connectivity index is 2.09. The molecule has 0 spiro atoms. The quantitative estimate of drug-likeness (QED) is 0.858. The van der Waals surface area contributed by atoms with Crippen LogP contribution in [0.3, 0.4) is 0 Å². The van der Waals surface area contributed by atoms with Crippen molar-refractivity contribution in [1.82, 2.24) is 4.90 Å². The van der Waals surface area contributed by atoms with E-state index in [1.807, 2.05) is 37.8 Å². The first kappa shape index (κ1) is 16.1. The van der Waals surface area contributed by atoms with Crippen molar-refractivity contribution in [2.24, 2.45) is 0 Å². The Morgan fingerprint density at radius 2 is 1.90 bits per heavy atom. The third-order valence-electron chi connectivity index (χ3n) is 3.66. The number of nitrogens with zero attached hydrogens (tertiary/aromatic N) is 1. The molecule has 116 valence electrons. The molecule has 1 aliphatic rings. The lowest BCUT2D eigenvalue weighted by Gasteiger charge is -2.30. The highest BCUT2D eigenvalue weighted by molar-refractivity contribution is 6.32. The van der Waals surface area contributed by atoms with E-state index in [1.54, 1.807) is 0 Å². The number of hydrogen-bond donors (Lipinski definition) is 0. The van der Waals surface area contributed by atoms with Crippen LogP contribution >= 0.6 is 11.6 Å². The van der Waals surface area contributed by atoms with Gasteiger partial charge >= 0.3 is 0 Å². The summed E-state index contributed by atoms with van der Waals surface area (Å²) in [4.78, 5) is 14.3. The van der Waals surface area contributed by atoms with E-state index in [2.05, 4.69) is 0 Å². The molecule has 1 fully saturated rings. The van der Waals surface area contributed by atoms with Crippen LogP contribution in [0.25, 0.3) is 0 Å². The van der Waals surface area contributed by atoms with Gasteiger partial charge in [0.05, 0.1) is 13.2 Å². The fourth-order valence-electron chi connectivity index (χ4n) is 2.43. The second kappa shape index (κ2) is 7.14. The maximum absolute atomic E-state index is 12.5. The summed E-state index contributed by atoms with van der Waals surface area (Å²) in [5, 5.41) is 0.745. The van der Waals surface area contributed by atoms with E-state index in [9.17, 15) is 4.79 Å². The number of halogens is 1. The first-order valence-corrected chi connectivity index (χ1v) is 7.70. The molecule has 1 aliphatic heterocycles. The fraction of sp³-hybridized carbons (Fsp3) is 0.562. The molecule has 2 rings (SSSR count). The van der Waals surface area contributed by atoms with Crippen LogP contribution in [0.5, 0.6) is 5.75 Å². The van der Waals surface area contributed by atoms with Crippen molar-refractivity contribution >= 4 is 17.5 Å². The molecule has 1 amide bonds. The van der Waals surface area contributed by atoms with Gasteiger partial charge < -0.3 is 14.4 Å². The smallest absolute Gasteiger partial charge is 0.263 e. The summed E-state index contributed by atoms with van der Waals surface area (Å²) < 4.78 is 11.2. The molecule has 1 atom stereocenters. The molecule has 0 aromatic heterocycles. The first-order chi connectivity index (χ1) is 10.0. The molecule has 0 bridgehead atoms. The average Bonchev–Trinajstić information content (AvgIpc) is 2.50. The van der Waals surface area contributed by atoms with Crippen LogP contribution in [0.2, 0.25) is 5.02 Å². The van der Waals surface area contributed by atoms with Crippen LogP contribution in [0, 0.1) is 13.8 Å². The van der Waals surface area contributed by atoms with Gasteiger partial charge in [0, 0.05) is 18.1 Å². The van der Waals surface area contributed by atoms with E-state index in [0.717, 1.165) is 16.1 Å². The lowest BCUT2D eigenvalue weighted by atomic mass is 10.1. The van der Waals surface area contributed by atoms with Gasteiger partial charge in [-0.05, 0) is 43.5 Å². The first-order valence-electron chi connectivity index (χ1n) is 7.33. The van der Waals surface area contributed by atoms with E-state index < -0.39 is 6.10 Å². The van der Waals surface area contributed by atoms with Crippen LogP contribution in [-0.4, -0.2) is 43.2 Å². The zero-order valence-corrected chi connectivity index (χ0v) is 13.6. The molecule has 1 aromatic carbocycles. The van der Waals surface area contributed by atoms with Gasteiger partial charge in [0.2, 0.25) is 0 Å². The summed E-state index contributed by atoms with van der Waals surface area (Å²) in [7, 11) is 0. The van der Waals surface area contributed by atoms with Crippen molar-refractivity contribution < 1.29 is 14.3 Å².